The molecule has 0 saturated heterocycles. The van der Waals surface area contributed by atoms with Crippen LogP contribution in [0.2, 0.25) is 0 Å². The molecule has 0 bridgehead atoms. The Kier molecular flexibility index (Phi) is 3.74. The summed E-state index contributed by atoms with van der Waals surface area (Å²) in [6.07, 6.45) is 0. The normalized spacial score (nSPS) is 12.7. The lowest BCUT2D eigenvalue weighted by Crippen LogP contribution is -1.90. The van der Waals surface area contributed by atoms with E-state index in [0.29, 0.717) is 17.0 Å². The zero-order chi connectivity index (χ0) is 13.9. The van der Waals surface area contributed by atoms with E-state index in [1.807, 2.05) is 18.7 Å². The van der Waals surface area contributed by atoms with Crippen molar-refractivity contribution in [3.05, 3.63) is 59.8 Å². The topological polar surface area (TPSA) is 38.9 Å². The number of rotatable bonds is 4. The van der Waals surface area contributed by atoms with Crippen LogP contribution in [0.4, 0.5) is 0 Å². The molecular weight excluding hydrogens is 268 g/mol. The smallest absolute Gasteiger partial charge is 0.226 e. The first-order chi connectivity index (χ1) is 9.72. The van der Waals surface area contributed by atoms with Gasteiger partial charge >= 0.3 is 0 Å². The van der Waals surface area contributed by atoms with Crippen LogP contribution in [0.5, 0.6) is 0 Å². The fraction of sp³-hybridized carbons (Fsp3) is 0.250. The molecule has 0 aliphatic heterocycles. The van der Waals surface area contributed by atoms with Gasteiger partial charge in [0.05, 0.1) is 5.75 Å². The molecule has 1 atom stereocenters. The van der Waals surface area contributed by atoms with Gasteiger partial charge in [0.15, 0.2) is 0 Å². The third-order valence-electron chi connectivity index (χ3n) is 3.27. The van der Waals surface area contributed by atoms with E-state index in [1.165, 1.54) is 16.3 Å². The minimum Gasteiger partial charge on any atom is -0.425 e. The Hall–Kier alpha value is -1.81. The maximum absolute atomic E-state index is 5.40. The van der Waals surface area contributed by atoms with E-state index in [-0.39, 0.29) is 0 Å². The van der Waals surface area contributed by atoms with Crippen LogP contribution in [-0.4, -0.2) is 10.2 Å². The molecule has 0 N–H and O–H groups in total. The van der Waals surface area contributed by atoms with Crippen LogP contribution in [0.1, 0.15) is 29.5 Å². The summed E-state index contributed by atoms with van der Waals surface area (Å²) in [4.78, 5) is 0. The molecule has 3 nitrogen and oxygen atoms in total. The van der Waals surface area contributed by atoms with Crippen LogP contribution >= 0.6 is 11.8 Å². The van der Waals surface area contributed by atoms with Gasteiger partial charge in [-0.3, -0.25) is 0 Å². The highest BCUT2D eigenvalue weighted by atomic mass is 32.2. The molecule has 0 radical (unpaired) electrons. The lowest BCUT2D eigenvalue weighted by Gasteiger charge is -2.11. The predicted octanol–water partition coefficient (Wildman–Crippen LogP) is 4.53. The van der Waals surface area contributed by atoms with Gasteiger partial charge in [0.2, 0.25) is 11.8 Å². The molecular formula is C16H16N2OS. The Morgan fingerprint density at radius 1 is 1.10 bits per heavy atom. The summed E-state index contributed by atoms with van der Waals surface area (Å²) in [6.45, 7) is 4.02. The van der Waals surface area contributed by atoms with Crippen LogP contribution in [0.25, 0.3) is 10.8 Å². The highest BCUT2D eigenvalue weighted by Crippen LogP contribution is 2.32. The van der Waals surface area contributed by atoms with Crippen molar-refractivity contribution in [1.82, 2.24) is 10.2 Å². The lowest BCUT2D eigenvalue weighted by molar-refractivity contribution is 0.485. The molecule has 0 fully saturated rings. The molecule has 0 spiro atoms. The van der Waals surface area contributed by atoms with Crippen LogP contribution < -0.4 is 0 Å². The van der Waals surface area contributed by atoms with E-state index in [9.17, 15) is 0 Å². The molecule has 0 aliphatic rings. The Bertz CT molecular complexity index is 723. The predicted molar refractivity (Wildman–Crippen MR) is 82.7 cm³/mol. The fourth-order valence-electron chi connectivity index (χ4n) is 2.15. The molecule has 0 unspecified atom stereocenters. The average molecular weight is 284 g/mol. The molecule has 102 valence electrons. The summed E-state index contributed by atoms with van der Waals surface area (Å²) < 4.78 is 5.40. The number of fused-ring (bicyclic) bond motifs is 1. The Morgan fingerprint density at radius 2 is 1.90 bits per heavy atom. The van der Waals surface area contributed by atoms with Crippen LogP contribution in [-0.2, 0) is 5.75 Å². The Balaban J connectivity index is 1.73. The van der Waals surface area contributed by atoms with Crippen molar-refractivity contribution in [3.63, 3.8) is 0 Å². The second-order valence-corrected chi connectivity index (χ2v) is 6.10. The molecule has 4 heteroatoms. The number of benzene rings is 2. The standard InChI is InChI=1S/C16H16N2OS/c1-11(20-10-16-18-17-12(2)19-16)14-8-7-13-5-3-4-6-15(13)9-14/h3-9,11H,10H2,1-2H3/t11-/m0/s1. The van der Waals surface area contributed by atoms with Gasteiger partial charge in [-0.05, 0) is 23.3 Å². The Morgan fingerprint density at radius 3 is 2.65 bits per heavy atom. The summed E-state index contributed by atoms with van der Waals surface area (Å²) in [5.74, 6) is 2.06. The molecule has 1 heterocycles. The number of aryl methyl sites for hydroxylation is 1. The van der Waals surface area contributed by atoms with Crippen LogP contribution in [0, 0.1) is 6.92 Å². The van der Waals surface area contributed by atoms with E-state index >= 15 is 0 Å². The monoisotopic (exact) mass is 284 g/mol. The third kappa shape index (κ3) is 2.85. The minimum absolute atomic E-state index is 0.395. The molecule has 0 aliphatic carbocycles. The van der Waals surface area contributed by atoms with E-state index in [2.05, 4.69) is 59.6 Å². The summed E-state index contributed by atoms with van der Waals surface area (Å²) in [5.41, 5.74) is 1.32. The van der Waals surface area contributed by atoms with Crippen molar-refractivity contribution < 1.29 is 4.42 Å². The maximum Gasteiger partial charge on any atom is 0.226 e. The average Bonchev–Trinajstić information content (AvgIpc) is 2.90. The van der Waals surface area contributed by atoms with E-state index in [0.717, 1.165) is 5.75 Å². The summed E-state index contributed by atoms with van der Waals surface area (Å²) in [6, 6.07) is 15.1. The molecule has 3 rings (SSSR count). The molecule has 3 aromatic rings. The molecule has 20 heavy (non-hydrogen) atoms. The second-order valence-electron chi connectivity index (χ2n) is 4.77. The van der Waals surface area contributed by atoms with Crippen molar-refractivity contribution >= 4 is 22.5 Å². The lowest BCUT2D eigenvalue weighted by atomic mass is 10.1. The molecule has 1 aromatic heterocycles. The first-order valence-electron chi connectivity index (χ1n) is 6.61. The highest BCUT2D eigenvalue weighted by Gasteiger charge is 2.10. The van der Waals surface area contributed by atoms with Gasteiger partial charge in [-0.2, -0.15) is 0 Å². The fourth-order valence-corrected chi connectivity index (χ4v) is 3.00. The first kappa shape index (κ1) is 13.2. The van der Waals surface area contributed by atoms with Crippen LogP contribution in [0.3, 0.4) is 0 Å². The molecule has 0 amide bonds. The van der Waals surface area contributed by atoms with Crippen molar-refractivity contribution in [3.8, 4) is 0 Å². The number of nitrogens with zero attached hydrogens (tertiary/aromatic N) is 2. The van der Waals surface area contributed by atoms with E-state index in [1.54, 1.807) is 0 Å². The minimum atomic E-state index is 0.395. The summed E-state index contributed by atoms with van der Waals surface area (Å²) in [7, 11) is 0. The van der Waals surface area contributed by atoms with Crippen LogP contribution in [0.15, 0.2) is 46.9 Å². The van der Waals surface area contributed by atoms with Gasteiger partial charge in [0.1, 0.15) is 0 Å². The van der Waals surface area contributed by atoms with Crippen molar-refractivity contribution in [1.29, 1.82) is 0 Å². The second kappa shape index (κ2) is 5.67. The van der Waals surface area contributed by atoms with E-state index in [4.69, 9.17) is 4.42 Å². The maximum atomic E-state index is 5.40. The van der Waals surface area contributed by atoms with Gasteiger partial charge in [0.25, 0.3) is 0 Å². The Labute approximate surface area is 122 Å². The number of hydrogen-bond acceptors (Lipinski definition) is 4. The van der Waals surface area contributed by atoms with Gasteiger partial charge in [0, 0.05) is 12.2 Å². The molecule has 2 aromatic carbocycles. The van der Waals surface area contributed by atoms with Gasteiger partial charge in [-0.1, -0.05) is 42.5 Å². The number of aromatic nitrogens is 2. The molecule has 0 saturated carbocycles. The highest BCUT2D eigenvalue weighted by molar-refractivity contribution is 7.98. The van der Waals surface area contributed by atoms with Gasteiger partial charge in [-0.25, -0.2) is 0 Å². The van der Waals surface area contributed by atoms with Crippen molar-refractivity contribution in [2.45, 2.75) is 24.9 Å². The van der Waals surface area contributed by atoms with Crippen molar-refractivity contribution in [2.75, 3.05) is 0 Å². The summed E-state index contributed by atoms with van der Waals surface area (Å²) >= 11 is 1.81. The number of thioether (sulfide) groups is 1. The third-order valence-corrected chi connectivity index (χ3v) is 4.45. The van der Waals surface area contributed by atoms with Gasteiger partial charge in [-0.15, -0.1) is 22.0 Å². The number of hydrogen-bond donors (Lipinski definition) is 0. The zero-order valence-corrected chi connectivity index (χ0v) is 12.4. The quantitative estimate of drug-likeness (QED) is 0.705. The van der Waals surface area contributed by atoms with Gasteiger partial charge < -0.3 is 4.42 Å². The zero-order valence-electron chi connectivity index (χ0n) is 11.5. The van der Waals surface area contributed by atoms with E-state index < -0.39 is 0 Å². The summed E-state index contributed by atoms with van der Waals surface area (Å²) in [5, 5.41) is 10.8. The SMILES string of the molecule is Cc1nnc(CS[C@@H](C)c2ccc3ccccc3c2)o1. The first-order valence-corrected chi connectivity index (χ1v) is 7.66. The van der Waals surface area contributed by atoms with Crippen molar-refractivity contribution in [2.24, 2.45) is 0 Å². The largest absolute Gasteiger partial charge is 0.425 e.